The first-order valence-corrected chi connectivity index (χ1v) is 7.87. The maximum atomic E-state index is 11.8. The van der Waals surface area contributed by atoms with Crippen molar-refractivity contribution in [3.63, 3.8) is 0 Å². The summed E-state index contributed by atoms with van der Waals surface area (Å²) in [5, 5.41) is 9.66. The van der Waals surface area contributed by atoms with Crippen molar-refractivity contribution in [3.8, 4) is 22.6 Å². The standard InChI is InChI=1S/C17H12BrNO4/c18-12-8-15-14(22-5-6-23-15)7-10(12)11-9-19-4-2-1-3-13(19)16(11)17(20)21/h1-4,7-9H,5-6H2,(H,20,21). The van der Waals surface area contributed by atoms with Crippen molar-refractivity contribution in [2.45, 2.75) is 0 Å². The summed E-state index contributed by atoms with van der Waals surface area (Å²) in [6, 6.07) is 9.11. The lowest BCUT2D eigenvalue weighted by atomic mass is 10.0. The summed E-state index contributed by atoms with van der Waals surface area (Å²) < 4.78 is 13.7. The molecule has 0 amide bonds. The largest absolute Gasteiger partial charge is 0.486 e. The van der Waals surface area contributed by atoms with E-state index in [1.165, 1.54) is 0 Å². The number of rotatable bonds is 2. The Bertz CT molecular complexity index is 932. The van der Waals surface area contributed by atoms with Crippen LogP contribution < -0.4 is 9.47 Å². The highest BCUT2D eigenvalue weighted by molar-refractivity contribution is 9.10. The van der Waals surface area contributed by atoms with E-state index in [-0.39, 0.29) is 5.56 Å². The van der Waals surface area contributed by atoms with Gasteiger partial charge in [-0.15, -0.1) is 0 Å². The Morgan fingerprint density at radius 2 is 1.87 bits per heavy atom. The molecule has 0 saturated heterocycles. The van der Waals surface area contributed by atoms with Gasteiger partial charge in [0.15, 0.2) is 11.5 Å². The van der Waals surface area contributed by atoms with E-state index in [1.54, 1.807) is 6.07 Å². The van der Waals surface area contributed by atoms with Gasteiger partial charge in [-0.25, -0.2) is 4.79 Å². The van der Waals surface area contributed by atoms with E-state index in [9.17, 15) is 9.90 Å². The quantitative estimate of drug-likeness (QED) is 0.741. The van der Waals surface area contributed by atoms with Crippen molar-refractivity contribution in [3.05, 3.63) is 52.8 Å². The lowest BCUT2D eigenvalue weighted by Crippen LogP contribution is -2.15. The first-order valence-electron chi connectivity index (χ1n) is 7.07. The maximum Gasteiger partial charge on any atom is 0.338 e. The Morgan fingerprint density at radius 1 is 1.13 bits per heavy atom. The highest BCUT2D eigenvalue weighted by Gasteiger charge is 2.22. The second-order valence-corrected chi connectivity index (χ2v) is 6.05. The number of hydrogen-bond acceptors (Lipinski definition) is 3. The third-order valence-corrected chi connectivity index (χ3v) is 4.48. The number of ether oxygens (including phenoxy) is 2. The minimum atomic E-state index is -0.963. The van der Waals surface area contributed by atoms with Gasteiger partial charge >= 0.3 is 5.97 Å². The van der Waals surface area contributed by atoms with Crippen LogP contribution >= 0.6 is 15.9 Å². The molecule has 0 spiro atoms. The number of fused-ring (bicyclic) bond motifs is 2. The highest BCUT2D eigenvalue weighted by Crippen LogP contribution is 2.42. The molecule has 0 aliphatic carbocycles. The zero-order valence-corrected chi connectivity index (χ0v) is 13.5. The first-order chi connectivity index (χ1) is 11.1. The van der Waals surface area contributed by atoms with Crippen LogP contribution in [-0.4, -0.2) is 28.7 Å². The number of aromatic nitrogens is 1. The molecule has 2 aromatic heterocycles. The molecule has 6 heteroatoms. The molecule has 3 heterocycles. The van der Waals surface area contributed by atoms with E-state index in [1.807, 2.05) is 41.1 Å². The molecule has 0 saturated carbocycles. The van der Waals surface area contributed by atoms with Crippen LogP contribution in [0.3, 0.4) is 0 Å². The van der Waals surface area contributed by atoms with Crippen molar-refractivity contribution in [1.82, 2.24) is 4.40 Å². The zero-order chi connectivity index (χ0) is 16.0. The van der Waals surface area contributed by atoms with Gasteiger partial charge in [0.1, 0.15) is 13.2 Å². The van der Waals surface area contributed by atoms with E-state index < -0.39 is 5.97 Å². The fourth-order valence-electron chi connectivity index (χ4n) is 2.82. The van der Waals surface area contributed by atoms with Gasteiger partial charge in [0, 0.05) is 28.0 Å². The molecule has 0 bridgehead atoms. The molecule has 1 aliphatic rings. The van der Waals surface area contributed by atoms with Crippen molar-refractivity contribution in [2.75, 3.05) is 13.2 Å². The number of benzene rings is 1. The van der Waals surface area contributed by atoms with Crippen molar-refractivity contribution in [2.24, 2.45) is 0 Å². The Balaban J connectivity index is 1.99. The van der Waals surface area contributed by atoms with Crippen LogP contribution in [0.5, 0.6) is 11.5 Å². The first kappa shape index (κ1) is 14.1. The number of aromatic carboxylic acids is 1. The summed E-state index contributed by atoms with van der Waals surface area (Å²) in [7, 11) is 0. The van der Waals surface area contributed by atoms with E-state index in [2.05, 4.69) is 15.9 Å². The zero-order valence-electron chi connectivity index (χ0n) is 12.0. The molecule has 116 valence electrons. The van der Waals surface area contributed by atoms with Crippen LogP contribution in [0.1, 0.15) is 10.4 Å². The number of pyridine rings is 1. The molecule has 0 radical (unpaired) electrons. The number of halogens is 1. The smallest absolute Gasteiger partial charge is 0.338 e. The van der Waals surface area contributed by atoms with E-state index in [4.69, 9.17) is 9.47 Å². The lowest BCUT2D eigenvalue weighted by Gasteiger charge is -2.20. The van der Waals surface area contributed by atoms with Crippen LogP contribution in [0.25, 0.3) is 16.6 Å². The van der Waals surface area contributed by atoms with Crippen molar-refractivity contribution < 1.29 is 19.4 Å². The average Bonchev–Trinajstić information content (AvgIpc) is 2.93. The minimum Gasteiger partial charge on any atom is -0.486 e. The minimum absolute atomic E-state index is 0.267. The molecule has 1 N–H and O–H groups in total. The van der Waals surface area contributed by atoms with Gasteiger partial charge in [-0.3, -0.25) is 0 Å². The summed E-state index contributed by atoms with van der Waals surface area (Å²) in [4.78, 5) is 11.8. The van der Waals surface area contributed by atoms with E-state index in [0.29, 0.717) is 35.8 Å². The van der Waals surface area contributed by atoms with Gasteiger partial charge in [-0.05, 0) is 24.3 Å². The summed E-state index contributed by atoms with van der Waals surface area (Å²) in [5.74, 6) is 0.323. The molecule has 5 nitrogen and oxygen atoms in total. The molecular formula is C17H12BrNO4. The Morgan fingerprint density at radius 3 is 2.61 bits per heavy atom. The SMILES string of the molecule is O=C(O)c1c(-c2cc3c(cc2Br)OCCO3)cn2ccccc12. The summed E-state index contributed by atoms with van der Waals surface area (Å²) >= 11 is 3.51. The Labute approximate surface area is 140 Å². The monoisotopic (exact) mass is 373 g/mol. The molecule has 3 aromatic rings. The topological polar surface area (TPSA) is 60.2 Å². The second-order valence-electron chi connectivity index (χ2n) is 5.19. The van der Waals surface area contributed by atoms with Gasteiger partial charge < -0.3 is 19.0 Å². The summed E-state index contributed by atoms with van der Waals surface area (Å²) in [6.45, 7) is 0.993. The Hall–Kier alpha value is -2.47. The normalized spacial score (nSPS) is 13.3. The van der Waals surface area contributed by atoms with Crippen LogP contribution in [0.15, 0.2) is 47.2 Å². The average molecular weight is 374 g/mol. The number of hydrogen-bond donors (Lipinski definition) is 1. The fourth-order valence-corrected chi connectivity index (χ4v) is 3.36. The molecule has 23 heavy (non-hydrogen) atoms. The lowest BCUT2D eigenvalue weighted by molar-refractivity contribution is 0.0700. The van der Waals surface area contributed by atoms with Gasteiger partial charge in [0.2, 0.25) is 0 Å². The number of nitrogens with zero attached hydrogens (tertiary/aromatic N) is 1. The fraction of sp³-hybridized carbons (Fsp3) is 0.118. The van der Waals surface area contributed by atoms with Crippen LogP contribution in [0.4, 0.5) is 0 Å². The molecule has 1 aliphatic heterocycles. The van der Waals surface area contributed by atoms with Crippen LogP contribution in [0.2, 0.25) is 0 Å². The van der Waals surface area contributed by atoms with Gasteiger partial charge in [0.05, 0.1) is 11.1 Å². The second kappa shape index (κ2) is 5.31. The summed E-state index contributed by atoms with van der Waals surface area (Å²) in [5.41, 5.74) is 2.31. The molecular weight excluding hydrogens is 362 g/mol. The third kappa shape index (κ3) is 2.26. The predicted molar refractivity (Wildman–Crippen MR) is 88.5 cm³/mol. The maximum absolute atomic E-state index is 11.8. The van der Waals surface area contributed by atoms with Gasteiger partial charge in [-0.2, -0.15) is 0 Å². The van der Waals surface area contributed by atoms with Crippen molar-refractivity contribution in [1.29, 1.82) is 0 Å². The van der Waals surface area contributed by atoms with E-state index in [0.717, 1.165) is 10.0 Å². The number of carboxylic acids is 1. The van der Waals surface area contributed by atoms with E-state index >= 15 is 0 Å². The number of carboxylic acid groups (broad SMARTS) is 1. The predicted octanol–water partition coefficient (Wildman–Crippen LogP) is 3.84. The summed E-state index contributed by atoms with van der Waals surface area (Å²) in [6.07, 6.45) is 3.64. The third-order valence-electron chi connectivity index (χ3n) is 3.82. The molecule has 0 unspecified atom stereocenters. The Kier molecular flexibility index (Phi) is 3.27. The molecule has 1 aromatic carbocycles. The van der Waals surface area contributed by atoms with Gasteiger partial charge in [0.25, 0.3) is 0 Å². The van der Waals surface area contributed by atoms with Gasteiger partial charge in [-0.1, -0.05) is 22.0 Å². The molecule has 0 fully saturated rings. The van der Waals surface area contributed by atoms with Crippen LogP contribution in [0, 0.1) is 0 Å². The molecule has 4 rings (SSSR count). The van der Waals surface area contributed by atoms with Crippen LogP contribution in [-0.2, 0) is 0 Å². The number of carbonyl (C=O) groups is 1. The molecule has 0 atom stereocenters. The highest BCUT2D eigenvalue weighted by atomic mass is 79.9. The van der Waals surface area contributed by atoms with Crippen molar-refractivity contribution >= 4 is 27.4 Å².